The van der Waals surface area contributed by atoms with Crippen molar-refractivity contribution in [1.82, 2.24) is 9.97 Å². The summed E-state index contributed by atoms with van der Waals surface area (Å²) < 4.78 is 5.03. The molecule has 11 heteroatoms. The van der Waals surface area contributed by atoms with Crippen LogP contribution in [0.5, 0.6) is 0 Å². The lowest BCUT2D eigenvalue weighted by molar-refractivity contribution is 0.210. The van der Waals surface area contributed by atoms with E-state index in [0.29, 0.717) is 61.3 Å². The van der Waals surface area contributed by atoms with Gasteiger partial charge >= 0.3 is 0 Å². The van der Waals surface area contributed by atoms with Gasteiger partial charge in [0.1, 0.15) is 18.2 Å². The van der Waals surface area contributed by atoms with Crippen LogP contribution in [0.25, 0.3) is 21.7 Å². The zero-order valence-electron chi connectivity index (χ0n) is 16.3. The number of nitrogens with one attached hydrogen (secondary N) is 2. The van der Waals surface area contributed by atoms with Crippen LogP contribution in [-0.4, -0.2) is 42.4 Å². The minimum Gasteiger partial charge on any atom is -0.383 e. The van der Waals surface area contributed by atoms with Gasteiger partial charge in [0.25, 0.3) is 0 Å². The molecule has 31 heavy (non-hydrogen) atoms. The van der Waals surface area contributed by atoms with E-state index in [0.717, 1.165) is 6.34 Å². The predicted octanol–water partition coefficient (Wildman–Crippen LogP) is 4.42. The monoisotopic (exact) mass is 473 g/mol. The first-order chi connectivity index (χ1) is 15.0. The van der Waals surface area contributed by atoms with E-state index in [1.54, 1.807) is 37.6 Å². The van der Waals surface area contributed by atoms with E-state index in [2.05, 4.69) is 26.3 Å². The number of benzene rings is 1. The molecule has 3 aromatic rings. The highest BCUT2D eigenvalue weighted by molar-refractivity contribution is 7.18. The molecule has 1 aromatic carbocycles. The van der Waals surface area contributed by atoms with Gasteiger partial charge < -0.3 is 15.8 Å². The third-order valence-electron chi connectivity index (χ3n) is 4.13. The Kier molecular flexibility index (Phi) is 7.55. The van der Waals surface area contributed by atoms with Crippen LogP contribution in [0.2, 0.25) is 10.0 Å². The van der Waals surface area contributed by atoms with E-state index < -0.39 is 0 Å². The number of rotatable bonds is 8. The van der Waals surface area contributed by atoms with Crippen LogP contribution in [0, 0.1) is 16.7 Å². The molecule has 0 spiro atoms. The zero-order valence-corrected chi connectivity index (χ0v) is 18.6. The topological polar surface area (TPSA) is 133 Å². The lowest BCUT2D eigenvalue weighted by Crippen LogP contribution is -2.12. The number of nitrogens with zero attached hydrogens (tertiary/aromatic N) is 4. The number of methoxy groups -OCH3 is 1. The van der Waals surface area contributed by atoms with Gasteiger partial charge in [-0.05, 0) is 18.2 Å². The molecule has 0 radical (unpaired) electrons. The van der Waals surface area contributed by atoms with Gasteiger partial charge in [-0.2, -0.15) is 5.26 Å². The van der Waals surface area contributed by atoms with Crippen molar-refractivity contribution in [2.45, 2.75) is 0 Å². The molecule has 4 N–H and O–H groups in total. The number of aliphatic imine (C=N–C) groups is 1. The highest BCUT2D eigenvalue weighted by atomic mass is 35.5. The van der Waals surface area contributed by atoms with Crippen molar-refractivity contribution in [3.05, 3.63) is 50.9 Å². The minimum atomic E-state index is 0.0938. The molecule has 0 aliphatic carbocycles. The van der Waals surface area contributed by atoms with Gasteiger partial charge in [0.05, 0.1) is 27.6 Å². The van der Waals surface area contributed by atoms with Crippen LogP contribution in [0.1, 0.15) is 10.4 Å². The molecule has 8 nitrogen and oxygen atoms in total. The number of amidine groups is 1. The number of ether oxygens (including phenoxy) is 1. The maximum Gasteiger partial charge on any atom is 0.223 e. The van der Waals surface area contributed by atoms with Crippen molar-refractivity contribution in [3.63, 3.8) is 0 Å². The van der Waals surface area contributed by atoms with E-state index in [-0.39, 0.29) is 5.84 Å². The Morgan fingerprint density at radius 3 is 2.90 bits per heavy atom. The quantitative estimate of drug-likeness (QED) is 0.251. The molecule has 158 valence electrons. The Balaban J connectivity index is 2.21. The molecule has 0 fully saturated rings. The number of hydrogen-bond acceptors (Lipinski definition) is 7. The normalized spacial score (nSPS) is 11.2. The highest BCUT2D eigenvalue weighted by Crippen LogP contribution is 2.44. The molecule has 2 heterocycles. The molecule has 0 bridgehead atoms. The summed E-state index contributed by atoms with van der Waals surface area (Å²) in [6.45, 7) is 1.03. The van der Waals surface area contributed by atoms with Gasteiger partial charge in [0.15, 0.2) is 0 Å². The van der Waals surface area contributed by atoms with E-state index in [4.69, 9.17) is 39.1 Å². The first kappa shape index (κ1) is 22.7. The van der Waals surface area contributed by atoms with Crippen LogP contribution in [0.3, 0.4) is 0 Å². The van der Waals surface area contributed by atoms with Gasteiger partial charge in [-0.25, -0.2) is 15.0 Å². The Bertz CT molecular complexity index is 1190. The van der Waals surface area contributed by atoms with E-state index >= 15 is 0 Å². The van der Waals surface area contributed by atoms with E-state index in [9.17, 15) is 5.26 Å². The van der Waals surface area contributed by atoms with Crippen molar-refractivity contribution >= 4 is 52.7 Å². The van der Waals surface area contributed by atoms with Gasteiger partial charge in [-0.1, -0.05) is 29.3 Å². The summed E-state index contributed by atoms with van der Waals surface area (Å²) in [6, 6.07) is 8.93. The van der Waals surface area contributed by atoms with E-state index in [1.807, 2.05) is 0 Å². The lowest BCUT2D eigenvalue weighted by atomic mass is 9.99. The van der Waals surface area contributed by atoms with Gasteiger partial charge in [-0.3, -0.25) is 5.41 Å². The molecule has 0 saturated carbocycles. The van der Waals surface area contributed by atoms with Crippen molar-refractivity contribution in [3.8, 4) is 27.8 Å². The third-order valence-corrected chi connectivity index (χ3v) is 5.92. The summed E-state index contributed by atoms with van der Waals surface area (Å²) in [5.74, 6) is 0.497. The minimum absolute atomic E-state index is 0.0938. The van der Waals surface area contributed by atoms with Crippen molar-refractivity contribution in [1.29, 1.82) is 10.7 Å². The molecule has 2 aromatic heterocycles. The van der Waals surface area contributed by atoms with Gasteiger partial charge in [0, 0.05) is 41.0 Å². The van der Waals surface area contributed by atoms with Crippen LogP contribution in [-0.2, 0) is 4.74 Å². The predicted molar refractivity (Wildman–Crippen MR) is 125 cm³/mol. The molecule has 0 atom stereocenters. The summed E-state index contributed by atoms with van der Waals surface area (Å²) in [7, 11) is 1.61. The average molecular weight is 474 g/mol. The van der Waals surface area contributed by atoms with Crippen LogP contribution in [0.15, 0.2) is 35.5 Å². The largest absolute Gasteiger partial charge is 0.383 e. The fraction of sp³-hybridized carbons (Fsp3) is 0.150. The molecule has 0 aliphatic rings. The van der Waals surface area contributed by atoms with Gasteiger partial charge in [0.2, 0.25) is 5.95 Å². The second kappa shape index (κ2) is 10.3. The number of anilines is 1. The number of thiophene rings is 1. The second-order valence-electron chi connectivity index (χ2n) is 6.07. The van der Waals surface area contributed by atoms with Gasteiger partial charge in [-0.15, -0.1) is 11.3 Å². The standard InChI is InChI=1S/C20H17Cl2N7OS/c1-30-7-6-27-20-26-5-4-15(29-20)17-13(9-23)16(18(31-17)19(25)28-10-24)12-3-2-11(21)8-14(12)22/h2-5,8,10H,6-7H2,1H3,(H3,24,25,28)(H,26,27,29). The highest BCUT2D eigenvalue weighted by Gasteiger charge is 2.25. The molecule has 0 unspecified atom stereocenters. The zero-order chi connectivity index (χ0) is 22.4. The first-order valence-corrected chi connectivity index (χ1v) is 10.5. The number of nitriles is 1. The van der Waals surface area contributed by atoms with Crippen LogP contribution >= 0.6 is 34.5 Å². The number of hydrogen-bond donors (Lipinski definition) is 3. The number of aromatic nitrogens is 2. The fourth-order valence-corrected chi connectivity index (χ4v) is 4.46. The number of halogens is 2. The Hall–Kier alpha value is -3.03. The smallest absolute Gasteiger partial charge is 0.223 e. The molecule has 3 rings (SSSR count). The SMILES string of the molecule is COCCNc1nccc(-c2sc(C(N)=NC=N)c(-c3ccc(Cl)cc3Cl)c2C#N)n1. The Morgan fingerprint density at radius 2 is 2.23 bits per heavy atom. The Morgan fingerprint density at radius 1 is 1.42 bits per heavy atom. The summed E-state index contributed by atoms with van der Waals surface area (Å²) in [4.78, 5) is 13.7. The molecule has 0 amide bonds. The fourth-order valence-electron chi connectivity index (χ4n) is 2.81. The molecular weight excluding hydrogens is 457 g/mol. The summed E-state index contributed by atoms with van der Waals surface area (Å²) in [5, 5.41) is 21.2. The molecule has 0 aliphatic heterocycles. The summed E-state index contributed by atoms with van der Waals surface area (Å²) in [5.41, 5.74) is 8.09. The molecular formula is C20H17Cl2N7OS. The van der Waals surface area contributed by atoms with Crippen molar-refractivity contribution in [2.75, 3.05) is 25.6 Å². The van der Waals surface area contributed by atoms with Crippen LogP contribution in [0.4, 0.5) is 5.95 Å². The van der Waals surface area contributed by atoms with E-state index in [1.165, 1.54) is 11.3 Å². The second-order valence-corrected chi connectivity index (χ2v) is 7.94. The Labute approximate surface area is 192 Å². The third kappa shape index (κ3) is 5.00. The maximum atomic E-state index is 10.0. The summed E-state index contributed by atoms with van der Waals surface area (Å²) >= 11 is 13.7. The van der Waals surface area contributed by atoms with Crippen molar-refractivity contribution < 1.29 is 4.74 Å². The lowest BCUT2D eigenvalue weighted by Gasteiger charge is -2.07. The number of nitrogens with two attached hydrogens (primary N) is 1. The average Bonchev–Trinajstić information content (AvgIpc) is 3.14. The summed E-state index contributed by atoms with van der Waals surface area (Å²) in [6.07, 6.45) is 2.44. The molecule has 0 saturated heterocycles. The van der Waals surface area contributed by atoms with Crippen molar-refractivity contribution in [2.24, 2.45) is 10.7 Å². The van der Waals surface area contributed by atoms with Crippen LogP contribution < -0.4 is 11.1 Å². The first-order valence-electron chi connectivity index (χ1n) is 8.91. The maximum absolute atomic E-state index is 10.0.